The van der Waals surface area contributed by atoms with Crippen LogP contribution in [0.15, 0.2) is 29.2 Å². The zero-order valence-electron chi connectivity index (χ0n) is 5.17. The molecule has 0 amide bonds. The van der Waals surface area contributed by atoms with Crippen LogP contribution in [0, 0.1) is 5.41 Å². The zero-order chi connectivity index (χ0) is 7.40. The highest BCUT2D eigenvalue weighted by molar-refractivity contribution is 7.94. The summed E-state index contributed by atoms with van der Waals surface area (Å²) in [5, 5.41) is 6.85. The molecule has 3 heteroatoms. The van der Waals surface area contributed by atoms with Crippen molar-refractivity contribution < 1.29 is 3.89 Å². The van der Waals surface area contributed by atoms with E-state index in [4.69, 9.17) is 5.41 Å². The summed E-state index contributed by atoms with van der Waals surface area (Å²) >= 11 is 0.213. The van der Waals surface area contributed by atoms with Crippen LogP contribution in [0.5, 0.6) is 0 Å². The number of hydrogen-bond donors (Lipinski definition) is 1. The van der Waals surface area contributed by atoms with E-state index in [1.165, 1.54) is 6.21 Å². The molecule has 1 rings (SSSR count). The van der Waals surface area contributed by atoms with Gasteiger partial charge in [-0.3, -0.25) is 0 Å². The van der Waals surface area contributed by atoms with Crippen molar-refractivity contribution in [3.63, 3.8) is 0 Å². The van der Waals surface area contributed by atoms with Gasteiger partial charge in [0, 0.05) is 11.1 Å². The molecule has 1 N–H and O–H groups in total. The van der Waals surface area contributed by atoms with E-state index < -0.39 is 0 Å². The number of rotatable bonds is 2. The highest BCUT2D eigenvalue weighted by Crippen LogP contribution is 2.17. The molecule has 0 unspecified atom stereocenters. The van der Waals surface area contributed by atoms with Crippen LogP contribution in [-0.2, 0) is 0 Å². The monoisotopic (exact) mass is 155 g/mol. The normalized spacial score (nSPS) is 9.30. The Kier molecular flexibility index (Phi) is 2.45. The first kappa shape index (κ1) is 7.28. The Balaban J connectivity index is 2.90. The molecule has 1 aromatic carbocycles. The maximum atomic E-state index is 11.8. The molecule has 0 saturated heterocycles. The van der Waals surface area contributed by atoms with E-state index in [0.717, 1.165) is 5.56 Å². The van der Waals surface area contributed by atoms with Gasteiger partial charge < -0.3 is 5.41 Å². The first-order chi connectivity index (χ1) is 4.86. The summed E-state index contributed by atoms with van der Waals surface area (Å²) in [5.41, 5.74) is 0.790. The lowest BCUT2D eigenvalue weighted by Crippen LogP contribution is -1.76. The third-order valence-electron chi connectivity index (χ3n) is 1.14. The summed E-state index contributed by atoms with van der Waals surface area (Å²) < 4.78 is 11.8. The SMILES string of the molecule is N=Cc1ccc(SF)cc1. The quantitative estimate of drug-likeness (QED) is 0.652. The molecule has 52 valence electrons. The third-order valence-corrected chi connectivity index (χ3v) is 1.59. The molecule has 0 aliphatic carbocycles. The fourth-order valence-corrected chi connectivity index (χ4v) is 0.854. The largest absolute Gasteiger partial charge is 0.308 e. The van der Waals surface area contributed by atoms with Crippen molar-refractivity contribution in [1.29, 1.82) is 5.41 Å². The fourth-order valence-electron chi connectivity index (χ4n) is 0.615. The van der Waals surface area contributed by atoms with Crippen molar-refractivity contribution in [2.75, 3.05) is 0 Å². The lowest BCUT2D eigenvalue weighted by molar-refractivity contribution is 0.934. The second kappa shape index (κ2) is 3.37. The van der Waals surface area contributed by atoms with E-state index in [1.807, 2.05) is 0 Å². The van der Waals surface area contributed by atoms with E-state index in [1.54, 1.807) is 24.3 Å². The van der Waals surface area contributed by atoms with Crippen molar-refractivity contribution >= 4 is 18.4 Å². The molecule has 0 saturated carbocycles. The molecule has 0 radical (unpaired) electrons. The molecule has 0 fully saturated rings. The predicted molar refractivity (Wildman–Crippen MR) is 41.3 cm³/mol. The second-order valence-electron chi connectivity index (χ2n) is 1.79. The van der Waals surface area contributed by atoms with Crippen molar-refractivity contribution in [2.45, 2.75) is 4.90 Å². The molecule has 0 atom stereocenters. The van der Waals surface area contributed by atoms with Crippen LogP contribution in [-0.4, -0.2) is 6.21 Å². The summed E-state index contributed by atoms with van der Waals surface area (Å²) in [6, 6.07) is 6.69. The van der Waals surface area contributed by atoms with E-state index in [2.05, 4.69) is 0 Å². The Morgan fingerprint density at radius 3 is 2.30 bits per heavy atom. The van der Waals surface area contributed by atoms with Crippen LogP contribution in [0.25, 0.3) is 0 Å². The molecule has 10 heavy (non-hydrogen) atoms. The van der Waals surface area contributed by atoms with Crippen molar-refractivity contribution in [1.82, 2.24) is 0 Å². The van der Waals surface area contributed by atoms with Crippen molar-refractivity contribution in [2.24, 2.45) is 0 Å². The van der Waals surface area contributed by atoms with Crippen molar-refractivity contribution in [3.8, 4) is 0 Å². The van der Waals surface area contributed by atoms with Crippen LogP contribution in [0.2, 0.25) is 0 Å². The lowest BCUT2D eigenvalue weighted by Gasteiger charge is -1.91. The number of benzene rings is 1. The summed E-state index contributed by atoms with van der Waals surface area (Å²) in [4.78, 5) is 0.575. The first-order valence-electron chi connectivity index (χ1n) is 2.76. The molecule has 0 aromatic heterocycles. The maximum Gasteiger partial charge on any atom is 0.0812 e. The van der Waals surface area contributed by atoms with E-state index >= 15 is 0 Å². The van der Waals surface area contributed by atoms with Crippen LogP contribution in [0.3, 0.4) is 0 Å². The molecule has 0 bridgehead atoms. The van der Waals surface area contributed by atoms with Gasteiger partial charge in [-0.25, -0.2) is 0 Å². The molecule has 0 heterocycles. The molecule has 1 nitrogen and oxygen atoms in total. The van der Waals surface area contributed by atoms with Gasteiger partial charge >= 0.3 is 0 Å². The lowest BCUT2D eigenvalue weighted by atomic mass is 10.2. The summed E-state index contributed by atoms with van der Waals surface area (Å²) in [6.07, 6.45) is 1.23. The Bertz CT molecular complexity index is 220. The minimum atomic E-state index is 0.213. The van der Waals surface area contributed by atoms with Gasteiger partial charge in [0.25, 0.3) is 0 Å². The molecule has 0 aliphatic heterocycles. The fraction of sp³-hybridized carbons (Fsp3) is 0. The van der Waals surface area contributed by atoms with Gasteiger partial charge in [-0.2, -0.15) is 3.89 Å². The van der Waals surface area contributed by atoms with Gasteiger partial charge in [-0.15, -0.1) is 0 Å². The number of nitrogens with one attached hydrogen (secondary N) is 1. The average molecular weight is 155 g/mol. The summed E-state index contributed by atoms with van der Waals surface area (Å²) in [5.74, 6) is 0. The molecule has 0 aliphatic rings. The van der Waals surface area contributed by atoms with E-state index in [0.29, 0.717) is 4.90 Å². The van der Waals surface area contributed by atoms with E-state index in [9.17, 15) is 3.89 Å². The maximum absolute atomic E-state index is 11.8. The topological polar surface area (TPSA) is 23.9 Å². The number of hydrogen-bond acceptors (Lipinski definition) is 2. The average Bonchev–Trinajstić information content (AvgIpc) is 2.05. The third kappa shape index (κ3) is 1.57. The molecular weight excluding hydrogens is 149 g/mol. The van der Waals surface area contributed by atoms with Gasteiger partial charge in [0.2, 0.25) is 0 Å². The van der Waals surface area contributed by atoms with Gasteiger partial charge in [0.15, 0.2) is 0 Å². The summed E-state index contributed by atoms with van der Waals surface area (Å²) in [6.45, 7) is 0. The highest BCUT2D eigenvalue weighted by atomic mass is 32.2. The Morgan fingerprint density at radius 2 is 1.90 bits per heavy atom. The second-order valence-corrected chi connectivity index (χ2v) is 2.42. The highest BCUT2D eigenvalue weighted by Gasteiger charge is 1.90. The van der Waals surface area contributed by atoms with Crippen LogP contribution in [0.1, 0.15) is 5.56 Å². The first-order valence-corrected chi connectivity index (χ1v) is 3.47. The smallest absolute Gasteiger partial charge is 0.0812 e. The van der Waals surface area contributed by atoms with Gasteiger partial charge in [-0.1, -0.05) is 12.1 Å². The number of halogens is 1. The van der Waals surface area contributed by atoms with Gasteiger partial charge in [0.05, 0.1) is 12.1 Å². The zero-order valence-corrected chi connectivity index (χ0v) is 5.99. The summed E-state index contributed by atoms with van der Waals surface area (Å²) in [7, 11) is 0. The van der Waals surface area contributed by atoms with E-state index in [-0.39, 0.29) is 12.1 Å². The Labute approximate surface area is 63.1 Å². The van der Waals surface area contributed by atoms with Gasteiger partial charge in [-0.05, 0) is 17.7 Å². The predicted octanol–water partition coefficient (Wildman–Crippen LogP) is 2.66. The van der Waals surface area contributed by atoms with Crippen LogP contribution >= 0.6 is 12.1 Å². The minimum Gasteiger partial charge on any atom is -0.308 e. The van der Waals surface area contributed by atoms with Crippen LogP contribution < -0.4 is 0 Å². The standard InChI is InChI=1S/C7H6FNS/c8-10-7-3-1-6(5-9)2-4-7/h1-5,9H. The molecular formula is C7H6FNS. The molecule has 1 aromatic rings. The minimum absolute atomic E-state index is 0.213. The Morgan fingerprint density at radius 1 is 1.30 bits per heavy atom. The van der Waals surface area contributed by atoms with Crippen molar-refractivity contribution in [3.05, 3.63) is 29.8 Å². The van der Waals surface area contributed by atoms with Crippen LogP contribution in [0.4, 0.5) is 3.89 Å². The Hall–Kier alpha value is -0.830. The molecule has 0 spiro atoms. The van der Waals surface area contributed by atoms with Gasteiger partial charge in [0.1, 0.15) is 0 Å².